The van der Waals surface area contributed by atoms with E-state index in [0.717, 1.165) is 5.56 Å². The van der Waals surface area contributed by atoms with E-state index in [2.05, 4.69) is 40.6 Å². The van der Waals surface area contributed by atoms with Crippen LogP contribution in [-0.4, -0.2) is 20.8 Å². The minimum atomic E-state index is -0.249. The molecule has 0 aromatic carbocycles. The molecule has 0 saturated heterocycles. The first-order chi connectivity index (χ1) is 11.5. The number of anilines is 1. The van der Waals surface area contributed by atoms with Crippen LogP contribution in [0.15, 0.2) is 30.7 Å². The third-order valence-corrected chi connectivity index (χ3v) is 4.64. The first kappa shape index (κ1) is 16.5. The van der Waals surface area contributed by atoms with Gasteiger partial charge in [-0.2, -0.15) is 5.10 Å². The molecule has 2 heterocycles. The molecule has 2 N–H and O–H groups in total. The summed E-state index contributed by atoms with van der Waals surface area (Å²) in [6.45, 7) is 4.15. The third kappa shape index (κ3) is 3.75. The molecular formula is C18H25N5O. The molecule has 2 amide bonds. The zero-order chi connectivity index (χ0) is 17.1. The van der Waals surface area contributed by atoms with Gasteiger partial charge in [0.1, 0.15) is 5.82 Å². The van der Waals surface area contributed by atoms with Gasteiger partial charge >= 0.3 is 6.03 Å². The van der Waals surface area contributed by atoms with Crippen LogP contribution in [0.5, 0.6) is 0 Å². The van der Waals surface area contributed by atoms with Crippen molar-refractivity contribution < 1.29 is 4.79 Å². The number of rotatable bonds is 5. The van der Waals surface area contributed by atoms with Crippen molar-refractivity contribution in [1.82, 2.24) is 20.1 Å². The molecule has 1 aliphatic rings. The summed E-state index contributed by atoms with van der Waals surface area (Å²) in [5.74, 6) is 1.48. The van der Waals surface area contributed by atoms with Crippen molar-refractivity contribution in [2.45, 2.75) is 45.1 Å². The highest BCUT2D eigenvalue weighted by Crippen LogP contribution is 2.36. The Hall–Kier alpha value is -2.37. The van der Waals surface area contributed by atoms with Crippen molar-refractivity contribution in [2.24, 2.45) is 13.0 Å². The molecular weight excluding hydrogens is 302 g/mol. The lowest BCUT2D eigenvalue weighted by atomic mass is 9.81. The predicted octanol–water partition coefficient (Wildman–Crippen LogP) is 3.60. The smallest absolute Gasteiger partial charge is 0.320 e. The van der Waals surface area contributed by atoms with Crippen LogP contribution in [0.2, 0.25) is 0 Å². The molecule has 0 bridgehead atoms. The Morgan fingerprint density at radius 1 is 1.29 bits per heavy atom. The number of pyridine rings is 1. The second kappa shape index (κ2) is 7.03. The number of amides is 2. The molecule has 24 heavy (non-hydrogen) atoms. The van der Waals surface area contributed by atoms with Gasteiger partial charge in [0.2, 0.25) is 0 Å². The van der Waals surface area contributed by atoms with Crippen LogP contribution in [-0.2, 0) is 7.05 Å². The van der Waals surface area contributed by atoms with Crippen LogP contribution in [0.25, 0.3) is 0 Å². The van der Waals surface area contributed by atoms with Gasteiger partial charge in [0.05, 0.1) is 12.2 Å². The number of nitrogens with zero attached hydrogens (tertiary/aromatic N) is 3. The van der Waals surface area contributed by atoms with E-state index >= 15 is 0 Å². The fourth-order valence-corrected chi connectivity index (χ4v) is 2.99. The fraction of sp³-hybridized carbons (Fsp3) is 0.500. The number of hydrogen-bond donors (Lipinski definition) is 2. The Morgan fingerprint density at radius 3 is 2.58 bits per heavy atom. The third-order valence-electron chi connectivity index (χ3n) is 4.64. The van der Waals surface area contributed by atoms with Gasteiger partial charge in [-0.1, -0.05) is 26.3 Å². The van der Waals surface area contributed by atoms with Gasteiger partial charge in [-0.25, -0.2) is 9.78 Å². The summed E-state index contributed by atoms with van der Waals surface area (Å²) in [6, 6.07) is 3.60. The zero-order valence-electron chi connectivity index (χ0n) is 14.5. The van der Waals surface area contributed by atoms with Crippen LogP contribution in [0.4, 0.5) is 10.6 Å². The number of hydrogen-bond acceptors (Lipinski definition) is 3. The second-order valence-corrected chi connectivity index (χ2v) is 6.87. The molecule has 1 unspecified atom stereocenters. The molecule has 0 aliphatic heterocycles. The molecule has 1 aliphatic carbocycles. The van der Waals surface area contributed by atoms with Gasteiger partial charge in [0, 0.05) is 25.0 Å². The van der Waals surface area contributed by atoms with E-state index < -0.39 is 0 Å². The number of aromatic nitrogens is 3. The average molecular weight is 327 g/mol. The summed E-state index contributed by atoms with van der Waals surface area (Å²) in [4.78, 5) is 16.7. The van der Waals surface area contributed by atoms with Crippen molar-refractivity contribution >= 4 is 11.8 Å². The van der Waals surface area contributed by atoms with Gasteiger partial charge in [-0.05, 0) is 36.3 Å². The molecule has 1 atom stereocenters. The summed E-state index contributed by atoms with van der Waals surface area (Å²) in [5, 5.41) is 10.0. The van der Waals surface area contributed by atoms with Gasteiger partial charge in [-0.15, -0.1) is 0 Å². The van der Waals surface area contributed by atoms with E-state index in [1.165, 1.54) is 24.8 Å². The Bertz CT molecular complexity index is 688. The minimum Gasteiger partial charge on any atom is -0.331 e. The van der Waals surface area contributed by atoms with E-state index in [4.69, 9.17) is 0 Å². The van der Waals surface area contributed by atoms with Crippen molar-refractivity contribution in [3.63, 3.8) is 0 Å². The molecule has 2 aromatic heterocycles. The van der Waals surface area contributed by atoms with Gasteiger partial charge in [0.25, 0.3) is 0 Å². The second-order valence-electron chi connectivity index (χ2n) is 6.87. The lowest BCUT2D eigenvalue weighted by Gasteiger charge is -2.25. The summed E-state index contributed by atoms with van der Waals surface area (Å²) < 4.78 is 1.74. The summed E-state index contributed by atoms with van der Waals surface area (Å²) in [6.07, 6.45) is 9.39. The van der Waals surface area contributed by atoms with Gasteiger partial charge in [0.15, 0.2) is 0 Å². The maximum absolute atomic E-state index is 12.3. The van der Waals surface area contributed by atoms with Crippen LogP contribution >= 0.6 is 0 Å². The maximum atomic E-state index is 12.3. The molecule has 1 saturated carbocycles. The number of carbonyl (C=O) groups is 1. The highest BCUT2D eigenvalue weighted by molar-refractivity contribution is 5.88. The number of nitrogens with one attached hydrogen (secondary N) is 2. The topological polar surface area (TPSA) is 71.8 Å². The molecule has 6 nitrogen and oxygen atoms in total. The summed E-state index contributed by atoms with van der Waals surface area (Å²) in [5.41, 5.74) is 2.26. The largest absolute Gasteiger partial charge is 0.331 e. The van der Waals surface area contributed by atoms with E-state index in [-0.39, 0.29) is 18.0 Å². The first-order valence-electron chi connectivity index (χ1n) is 8.55. The van der Waals surface area contributed by atoms with E-state index in [1.54, 1.807) is 10.9 Å². The van der Waals surface area contributed by atoms with Crippen molar-refractivity contribution in [1.29, 1.82) is 0 Å². The normalized spacial score (nSPS) is 15.8. The fourth-order valence-electron chi connectivity index (χ4n) is 2.99. The Morgan fingerprint density at radius 2 is 2.08 bits per heavy atom. The zero-order valence-corrected chi connectivity index (χ0v) is 14.5. The van der Waals surface area contributed by atoms with Gasteiger partial charge < -0.3 is 5.32 Å². The van der Waals surface area contributed by atoms with Gasteiger partial charge in [-0.3, -0.25) is 10.00 Å². The summed E-state index contributed by atoms with van der Waals surface area (Å²) in [7, 11) is 1.87. The number of carbonyl (C=O) groups excluding carboxylic acids is 1. The summed E-state index contributed by atoms with van der Waals surface area (Å²) >= 11 is 0. The highest BCUT2D eigenvalue weighted by atomic mass is 16.2. The number of aryl methyl sites for hydroxylation is 1. The van der Waals surface area contributed by atoms with Crippen LogP contribution in [0, 0.1) is 5.92 Å². The molecule has 128 valence electrons. The highest BCUT2D eigenvalue weighted by Gasteiger charge is 2.21. The van der Waals surface area contributed by atoms with Crippen molar-refractivity contribution in [3.8, 4) is 0 Å². The predicted molar refractivity (Wildman–Crippen MR) is 93.8 cm³/mol. The monoisotopic (exact) mass is 327 g/mol. The standard InChI is InChI=1S/C18H25N5O/c1-12(2)17(15-10-20-23(3)11-15)22-18(24)21-16-8-7-14(9-19-16)13-5-4-6-13/h7-13,17H,4-6H2,1-3H3,(H2,19,21,22,24). The Kier molecular flexibility index (Phi) is 4.83. The van der Waals surface area contributed by atoms with E-state index in [0.29, 0.717) is 11.7 Å². The SMILES string of the molecule is CC(C)C(NC(=O)Nc1ccc(C2CCC2)cn1)c1cnn(C)c1. The average Bonchev–Trinajstić information content (AvgIpc) is 2.91. The van der Waals surface area contributed by atoms with Crippen LogP contribution in [0.1, 0.15) is 56.2 Å². The van der Waals surface area contributed by atoms with Crippen LogP contribution in [0.3, 0.4) is 0 Å². The minimum absolute atomic E-state index is 0.0899. The molecule has 0 radical (unpaired) electrons. The Balaban J connectivity index is 1.61. The van der Waals surface area contributed by atoms with Crippen molar-refractivity contribution in [3.05, 3.63) is 41.9 Å². The maximum Gasteiger partial charge on any atom is 0.320 e. The molecule has 1 fully saturated rings. The molecule has 3 rings (SSSR count). The molecule has 0 spiro atoms. The van der Waals surface area contributed by atoms with Crippen LogP contribution < -0.4 is 10.6 Å². The quantitative estimate of drug-likeness (QED) is 0.881. The molecule has 6 heteroatoms. The molecule has 2 aromatic rings. The van der Waals surface area contributed by atoms with E-state index in [9.17, 15) is 4.79 Å². The Labute approximate surface area is 142 Å². The lowest BCUT2D eigenvalue weighted by Crippen LogP contribution is -2.35. The number of urea groups is 1. The van der Waals surface area contributed by atoms with Crippen molar-refractivity contribution in [2.75, 3.05) is 5.32 Å². The first-order valence-corrected chi connectivity index (χ1v) is 8.55. The van der Waals surface area contributed by atoms with E-state index in [1.807, 2.05) is 25.5 Å². The lowest BCUT2D eigenvalue weighted by molar-refractivity contribution is 0.244.